The highest BCUT2D eigenvalue weighted by Crippen LogP contribution is 2.60. The van der Waals surface area contributed by atoms with Gasteiger partial charge in [0, 0.05) is 10.6 Å². The number of benzene rings is 2. The molecule has 2 aromatic rings. The lowest BCUT2D eigenvalue weighted by atomic mass is 9.49. The Morgan fingerprint density at radius 2 is 1.72 bits per heavy atom. The Hall–Kier alpha value is -2.35. The molecule has 4 aliphatic carbocycles. The molecule has 0 unspecified atom stereocenters. The van der Waals surface area contributed by atoms with Gasteiger partial charge in [-0.05, 0) is 98.3 Å². The fourth-order valence-corrected chi connectivity index (χ4v) is 8.13. The van der Waals surface area contributed by atoms with E-state index in [9.17, 15) is 9.59 Å². The minimum absolute atomic E-state index is 0.0285. The summed E-state index contributed by atoms with van der Waals surface area (Å²) >= 11 is 12.9. The number of carbonyl (C=O) groups excluding carboxylic acids is 2. The summed E-state index contributed by atoms with van der Waals surface area (Å²) in [7, 11) is 0. The van der Waals surface area contributed by atoms with Crippen LogP contribution in [0.4, 0.5) is 0 Å². The highest BCUT2D eigenvalue weighted by Gasteiger charge is 2.55. The van der Waals surface area contributed by atoms with Crippen LogP contribution in [0.3, 0.4) is 0 Å². The minimum Gasteiger partial charge on any atom is -0.489 e. The molecule has 4 bridgehead atoms. The van der Waals surface area contributed by atoms with Crippen molar-refractivity contribution in [1.82, 2.24) is 10.4 Å². The third-order valence-electron chi connectivity index (χ3n) is 8.06. The number of thioether (sulfide) groups is 1. The third kappa shape index (κ3) is 4.57. The van der Waals surface area contributed by atoms with Crippen molar-refractivity contribution in [2.24, 2.45) is 23.2 Å². The summed E-state index contributed by atoms with van der Waals surface area (Å²) in [6.07, 6.45) is 8.43. The molecule has 36 heavy (non-hydrogen) atoms. The number of amides is 2. The molecule has 0 spiro atoms. The largest absolute Gasteiger partial charge is 0.489 e. The quantitative estimate of drug-likeness (QED) is 0.342. The van der Waals surface area contributed by atoms with Gasteiger partial charge in [0.2, 0.25) is 5.91 Å². The first-order chi connectivity index (χ1) is 17.4. The number of hydrogen-bond acceptors (Lipinski definition) is 5. The average Bonchev–Trinajstić information content (AvgIpc) is 3.11. The predicted octanol–water partition coefficient (Wildman–Crippen LogP) is 6.37. The average molecular weight is 539 g/mol. The molecule has 1 heterocycles. The Morgan fingerprint density at radius 3 is 2.36 bits per heavy atom. The molecule has 186 valence electrons. The van der Waals surface area contributed by atoms with Gasteiger partial charge in [-0.25, -0.2) is 0 Å². The molecule has 0 radical (unpaired) electrons. The second-order valence-corrected chi connectivity index (χ2v) is 12.7. The summed E-state index contributed by atoms with van der Waals surface area (Å²) < 4.78 is 6.21. The van der Waals surface area contributed by atoms with Crippen LogP contribution in [-0.4, -0.2) is 21.1 Å². The van der Waals surface area contributed by atoms with E-state index in [0.717, 1.165) is 30.4 Å². The zero-order valence-corrected chi connectivity index (χ0v) is 22.1. The highest BCUT2D eigenvalue weighted by atomic mass is 35.5. The molecular weight excluding hydrogens is 512 g/mol. The van der Waals surface area contributed by atoms with Gasteiger partial charge in [0.1, 0.15) is 12.4 Å². The fourth-order valence-electron chi connectivity index (χ4n) is 6.76. The van der Waals surface area contributed by atoms with Gasteiger partial charge in [-0.3, -0.25) is 15.0 Å². The van der Waals surface area contributed by atoms with Crippen LogP contribution in [0.25, 0.3) is 6.08 Å². The normalized spacial score (nSPS) is 29.8. The van der Waals surface area contributed by atoms with Gasteiger partial charge in [-0.15, -0.1) is 0 Å². The van der Waals surface area contributed by atoms with Gasteiger partial charge in [0.05, 0.1) is 10.3 Å². The highest BCUT2D eigenvalue weighted by molar-refractivity contribution is 8.26. The number of hydrogen-bond donors (Lipinski definition) is 1. The predicted molar refractivity (Wildman–Crippen MR) is 146 cm³/mol. The number of hydrazine groups is 1. The smallest absolute Gasteiger partial charge is 0.285 e. The number of nitrogens with one attached hydrogen (secondary N) is 1. The molecule has 1 aliphatic heterocycles. The van der Waals surface area contributed by atoms with Gasteiger partial charge >= 0.3 is 0 Å². The Balaban J connectivity index is 1.10. The second kappa shape index (κ2) is 9.51. The van der Waals surface area contributed by atoms with Crippen molar-refractivity contribution in [1.29, 1.82) is 0 Å². The summed E-state index contributed by atoms with van der Waals surface area (Å²) in [5.41, 5.74) is 4.35. The maximum atomic E-state index is 13.4. The van der Waals surface area contributed by atoms with E-state index >= 15 is 0 Å². The molecule has 2 amide bonds. The van der Waals surface area contributed by atoms with Crippen molar-refractivity contribution >= 4 is 57.8 Å². The van der Waals surface area contributed by atoms with Crippen molar-refractivity contribution in [3.63, 3.8) is 0 Å². The molecule has 4 saturated carbocycles. The zero-order chi connectivity index (χ0) is 24.9. The van der Waals surface area contributed by atoms with Crippen molar-refractivity contribution in [3.8, 4) is 5.75 Å². The first-order valence-electron chi connectivity index (χ1n) is 12.4. The molecule has 8 heteroatoms. The number of nitrogens with zero attached hydrogens (tertiary/aromatic N) is 1. The van der Waals surface area contributed by atoms with E-state index in [2.05, 4.69) is 5.43 Å². The Kier molecular flexibility index (Phi) is 6.34. The minimum atomic E-state index is -0.332. The van der Waals surface area contributed by atoms with Gasteiger partial charge in [0.15, 0.2) is 4.32 Å². The second-order valence-electron chi connectivity index (χ2n) is 10.6. The molecule has 5 nitrogen and oxygen atoms in total. The summed E-state index contributed by atoms with van der Waals surface area (Å²) in [5.74, 6) is 2.38. The lowest BCUT2D eigenvalue weighted by molar-refractivity contribution is -0.152. The number of rotatable bonds is 6. The maximum Gasteiger partial charge on any atom is 0.285 e. The van der Waals surface area contributed by atoms with Crippen LogP contribution >= 0.6 is 35.6 Å². The number of ether oxygens (including phenoxy) is 1. The monoisotopic (exact) mass is 538 g/mol. The van der Waals surface area contributed by atoms with Crippen LogP contribution in [0.5, 0.6) is 5.75 Å². The number of carbonyl (C=O) groups is 2. The Morgan fingerprint density at radius 1 is 1.08 bits per heavy atom. The Bertz CT molecular complexity index is 1220. The molecule has 5 aliphatic rings. The van der Waals surface area contributed by atoms with Crippen molar-refractivity contribution in [3.05, 3.63) is 69.6 Å². The molecule has 5 fully saturated rings. The van der Waals surface area contributed by atoms with E-state index in [1.807, 2.05) is 48.5 Å². The Labute approximate surface area is 225 Å². The van der Waals surface area contributed by atoms with Crippen LogP contribution in [0.1, 0.15) is 49.7 Å². The van der Waals surface area contributed by atoms with Crippen LogP contribution < -0.4 is 10.2 Å². The van der Waals surface area contributed by atoms with Gasteiger partial charge in [-0.2, -0.15) is 5.01 Å². The van der Waals surface area contributed by atoms with Gasteiger partial charge < -0.3 is 4.74 Å². The molecule has 1 saturated heterocycles. The first kappa shape index (κ1) is 24.0. The summed E-state index contributed by atoms with van der Waals surface area (Å²) in [6, 6.07) is 15.1. The zero-order valence-electron chi connectivity index (χ0n) is 19.7. The lowest BCUT2D eigenvalue weighted by Crippen LogP contribution is -2.57. The van der Waals surface area contributed by atoms with Gasteiger partial charge in [-0.1, -0.05) is 53.7 Å². The van der Waals surface area contributed by atoms with Crippen LogP contribution in [0.15, 0.2) is 53.4 Å². The van der Waals surface area contributed by atoms with E-state index in [1.165, 1.54) is 36.0 Å². The molecule has 0 aromatic heterocycles. The van der Waals surface area contributed by atoms with E-state index in [-0.39, 0.29) is 17.2 Å². The van der Waals surface area contributed by atoms with Crippen LogP contribution in [0, 0.1) is 23.2 Å². The number of halogens is 1. The summed E-state index contributed by atoms with van der Waals surface area (Å²) in [5, 5.41) is 1.94. The summed E-state index contributed by atoms with van der Waals surface area (Å²) in [4.78, 5) is 27.0. The van der Waals surface area contributed by atoms with E-state index < -0.39 is 0 Å². The van der Waals surface area contributed by atoms with Crippen molar-refractivity contribution in [2.75, 3.05) is 0 Å². The van der Waals surface area contributed by atoms with Gasteiger partial charge in [0.25, 0.3) is 5.91 Å². The molecular formula is C28H27ClN2O3S2. The van der Waals surface area contributed by atoms with E-state index in [4.69, 9.17) is 28.6 Å². The van der Waals surface area contributed by atoms with Crippen molar-refractivity contribution < 1.29 is 14.3 Å². The summed E-state index contributed by atoms with van der Waals surface area (Å²) in [6.45, 7) is 0.376. The van der Waals surface area contributed by atoms with E-state index in [0.29, 0.717) is 44.4 Å². The molecule has 0 atom stereocenters. The van der Waals surface area contributed by atoms with Crippen molar-refractivity contribution in [2.45, 2.75) is 45.1 Å². The van der Waals surface area contributed by atoms with Crippen LogP contribution in [-0.2, 0) is 16.2 Å². The first-order valence-corrected chi connectivity index (χ1v) is 14.0. The van der Waals surface area contributed by atoms with Crippen LogP contribution in [0.2, 0.25) is 5.02 Å². The van der Waals surface area contributed by atoms with E-state index in [1.54, 1.807) is 6.08 Å². The SMILES string of the molecule is O=C1/C(=C\c2ccc(OCc3ccccc3Cl)cc2)SC(=S)N1NC(=O)C12CC3CC(CC(C3)C1)C2. The topological polar surface area (TPSA) is 58.6 Å². The maximum absolute atomic E-state index is 13.4. The number of thiocarbonyl (C=S) groups is 1. The molecule has 1 N–H and O–H groups in total. The molecule has 2 aromatic carbocycles. The standard InChI is InChI=1S/C28H27ClN2O3S2/c29-23-4-2-1-3-21(23)16-34-22-7-5-17(6-8-22)12-24-25(32)31(27(35)36-24)30-26(33)28-13-18-9-19(14-28)11-20(10-18)15-28/h1-8,12,18-20H,9-11,13-16H2,(H,30,33)/b24-12+. The molecule has 7 rings (SSSR count). The third-order valence-corrected chi connectivity index (χ3v) is 9.73. The lowest BCUT2D eigenvalue weighted by Gasteiger charge is -2.55. The fraction of sp³-hybridized carbons (Fsp3) is 0.393.